The lowest BCUT2D eigenvalue weighted by molar-refractivity contribution is 0.654. The number of allylic oxidation sites excluding steroid dienone is 4. The van der Waals surface area contributed by atoms with Gasteiger partial charge in [-0.15, -0.1) is 0 Å². The molecule has 0 bridgehead atoms. The van der Waals surface area contributed by atoms with Gasteiger partial charge in [0, 0.05) is 33.0 Å². The van der Waals surface area contributed by atoms with Crippen LogP contribution in [-0.4, -0.2) is 19.9 Å². The Kier molecular flexibility index (Phi) is 7.01. The van der Waals surface area contributed by atoms with E-state index in [2.05, 4.69) is 91.0 Å². The molecule has 2 aromatic heterocycles. The largest absolute Gasteiger partial charge is 0.247 e. The number of para-hydroxylation sites is 1. The molecule has 0 fully saturated rings. The minimum absolute atomic E-state index is 0.406. The lowest BCUT2D eigenvalue weighted by Crippen LogP contribution is -2.07. The summed E-state index contributed by atoms with van der Waals surface area (Å²) < 4.78 is 0. The molecule has 1 unspecified atom stereocenters. The first kappa shape index (κ1) is 26.9. The van der Waals surface area contributed by atoms with E-state index in [9.17, 15) is 0 Å². The number of nitrogens with zero attached hydrogens (tertiary/aromatic N) is 4. The summed E-state index contributed by atoms with van der Waals surface area (Å²) in [6.45, 7) is 0. The Morgan fingerprint density at radius 3 is 1.71 bits per heavy atom. The van der Waals surface area contributed by atoms with Crippen molar-refractivity contribution in [2.24, 2.45) is 5.92 Å². The third kappa shape index (κ3) is 5.43. The van der Waals surface area contributed by atoms with E-state index < -0.39 is 0 Å². The van der Waals surface area contributed by atoms with Crippen LogP contribution in [0.25, 0.3) is 61.3 Å². The molecule has 0 saturated heterocycles. The summed E-state index contributed by atoms with van der Waals surface area (Å²) in [7, 11) is 0. The number of pyridine rings is 1. The highest BCUT2D eigenvalue weighted by molar-refractivity contribution is 6.10. The van der Waals surface area contributed by atoms with Crippen molar-refractivity contribution in [3.05, 3.63) is 163 Å². The smallest absolute Gasteiger partial charge is 0.164 e. The Bertz CT molecular complexity index is 2140. The van der Waals surface area contributed by atoms with E-state index in [1.165, 1.54) is 21.7 Å². The molecule has 4 nitrogen and oxygen atoms in total. The van der Waals surface area contributed by atoms with E-state index in [1.807, 2.05) is 60.7 Å². The van der Waals surface area contributed by atoms with Gasteiger partial charge in [0.2, 0.25) is 0 Å². The highest BCUT2D eigenvalue weighted by atomic mass is 15.0. The van der Waals surface area contributed by atoms with Crippen LogP contribution in [0.3, 0.4) is 0 Å². The average molecular weight is 579 g/mol. The fraction of sp³-hybridized carbons (Fsp3) is 0.0732. The Morgan fingerprint density at radius 2 is 1.07 bits per heavy atom. The minimum atomic E-state index is 0.406. The molecular weight excluding hydrogens is 548 g/mol. The molecule has 8 rings (SSSR count). The van der Waals surface area contributed by atoms with Gasteiger partial charge in [-0.3, -0.25) is 0 Å². The molecule has 0 N–H and O–H groups in total. The van der Waals surface area contributed by atoms with Gasteiger partial charge in [0.05, 0.1) is 11.2 Å². The first-order chi connectivity index (χ1) is 22.3. The van der Waals surface area contributed by atoms with Crippen LogP contribution in [0.2, 0.25) is 0 Å². The van der Waals surface area contributed by atoms with Crippen molar-refractivity contribution in [2.75, 3.05) is 0 Å². The van der Waals surface area contributed by atoms with Gasteiger partial charge in [-0.2, -0.15) is 0 Å². The molecule has 2 heterocycles. The highest BCUT2D eigenvalue weighted by Crippen LogP contribution is 2.33. The van der Waals surface area contributed by atoms with E-state index in [-0.39, 0.29) is 0 Å². The van der Waals surface area contributed by atoms with Crippen molar-refractivity contribution in [3.63, 3.8) is 0 Å². The summed E-state index contributed by atoms with van der Waals surface area (Å²) in [6, 6.07) is 46.1. The van der Waals surface area contributed by atoms with Crippen molar-refractivity contribution in [1.29, 1.82) is 0 Å². The van der Waals surface area contributed by atoms with Crippen LogP contribution >= 0.6 is 0 Å². The minimum Gasteiger partial charge on any atom is -0.247 e. The van der Waals surface area contributed by atoms with Crippen LogP contribution in [0.5, 0.6) is 0 Å². The number of aromatic nitrogens is 4. The van der Waals surface area contributed by atoms with Crippen molar-refractivity contribution in [2.45, 2.75) is 12.8 Å². The Hall–Kier alpha value is -5.74. The summed E-state index contributed by atoms with van der Waals surface area (Å²) in [5, 5.41) is 3.61. The fourth-order valence-electron chi connectivity index (χ4n) is 6.15. The van der Waals surface area contributed by atoms with Gasteiger partial charge < -0.3 is 0 Å². The van der Waals surface area contributed by atoms with Crippen LogP contribution in [0.4, 0.5) is 0 Å². The van der Waals surface area contributed by atoms with Gasteiger partial charge in [0.1, 0.15) is 0 Å². The van der Waals surface area contributed by atoms with Crippen LogP contribution < -0.4 is 0 Å². The summed E-state index contributed by atoms with van der Waals surface area (Å²) in [5.41, 5.74) is 7.50. The molecule has 1 aliphatic rings. The van der Waals surface area contributed by atoms with Crippen molar-refractivity contribution < 1.29 is 0 Å². The van der Waals surface area contributed by atoms with Crippen LogP contribution in [0.1, 0.15) is 17.8 Å². The lowest BCUT2D eigenvalue weighted by Gasteiger charge is -2.17. The number of hydrogen-bond donors (Lipinski definition) is 0. The second-order valence-corrected chi connectivity index (χ2v) is 11.5. The van der Waals surface area contributed by atoms with Gasteiger partial charge in [0.15, 0.2) is 17.5 Å². The molecule has 7 aromatic rings. The molecule has 1 aliphatic carbocycles. The summed E-state index contributed by atoms with van der Waals surface area (Å²) >= 11 is 0. The van der Waals surface area contributed by atoms with E-state index in [0.29, 0.717) is 23.4 Å². The van der Waals surface area contributed by atoms with E-state index >= 15 is 0 Å². The molecule has 5 aromatic carbocycles. The normalized spacial score (nSPS) is 14.5. The second kappa shape index (κ2) is 11.7. The zero-order chi connectivity index (χ0) is 30.0. The van der Waals surface area contributed by atoms with Gasteiger partial charge in [-0.25, -0.2) is 19.9 Å². The standard InChI is InChI=1S/C41H30N4/c1-3-11-31(12-4-1)39-43-40(32-13-5-2-6-14-32)45-41(44-39)33-25-21-29(22-26-33)27-28-19-23-30(24-20-28)38-36-17-8-7-15-34(36)35-16-9-10-18-37(35)42-38/h1-21,23-26,29H,22,27H2. The third-order valence-electron chi connectivity index (χ3n) is 8.48. The molecular formula is C41H30N4. The van der Waals surface area contributed by atoms with E-state index in [1.54, 1.807) is 0 Å². The van der Waals surface area contributed by atoms with Crippen LogP contribution in [0, 0.1) is 5.92 Å². The lowest BCUT2D eigenvalue weighted by atomic mass is 9.90. The number of fused-ring (bicyclic) bond motifs is 3. The molecule has 214 valence electrons. The number of hydrogen-bond acceptors (Lipinski definition) is 4. The van der Waals surface area contributed by atoms with E-state index in [0.717, 1.165) is 46.3 Å². The molecule has 0 aliphatic heterocycles. The Balaban J connectivity index is 1.03. The van der Waals surface area contributed by atoms with Crippen molar-refractivity contribution >= 4 is 27.2 Å². The third-order valence-corrected chi connectivity index (χ3v) is 8.48. The Labute approximate surface area is 262 Å². The molecule has 0 spiro atoms. The summed E-state index contributed by atoms with van der Waals surface area (Å²) in [5.74, 6) is 2.48. The van der Waals surface area contributed by atoms with Crippen LogP contribution in [-0.2, 0) is 6.42 Å². The number of benzene rings is 5. The predicted molar refractivity (Wildman–Crippen MR) is 184 cm³/mol. The van der Waals surface area contributed by atoms with Gasteiger partial charge >= 0.3 is 0 Å². The second-order valence-electron chi connectivity index (χ2n) is 11.5. The quantitative estimate of drug-likeness (QED) is 0.184. The van der Waals surface area contributed by atoms with Crippen LogP contribution in [0.15, 0.2) is 152 Å². The predicted octanol–water partition coefficient (Wildman–Crippen LogP) is 9.78. The SMILES string of the molecule is C1=CC(Cc2ccc(-c3nc4ccccc4c4ccccc34)cc2)CC=C1c1nc(-c2ccccc2)nc(-c2ccccc2)n1. The first-order valence-corrected chi connectivity index (χ1v) is 15.4. The molecule has 0 radical (unpaired) electrons. The molecule has 4 heteroatoms. The molecule has 0 saturated carbocycles. The fourth-order valence-corrected chi connectivity index (χ4v) is 6.15. The van der Waals surface area contributed by atoms with Crippen molar-refractivity contribution in [1.82, 2.24) is 19.9 Å². The van der Waals surface area contributed by atoms with Crippen molar-refractivity contribution in [3.8, 4) is 34.0 Å². The average Bonchev–Trinajstić information content (AvgIpc) is 3.12. The summed E-state index contributed by atoms with van der Waals surface area (Å²) in [4.78, 5) is 19.7. The zero-order valence-electron chi connectivity index (χ0n) is 24.7. The van der Waals surface area contributed by atoms with E-state index in [4.69, 9.17) is 19.9 Å². The van der Waals surface area contributed by atoms with Gasteiger partial charge in [-0.05, 0) is 35.8 Å². The highest BCUT2D eigenvalue weighted by Gasteiger charge is 2.17. The molecule has 1 atom stereocenters. The Morgan fingerprint density at radius 1 is 0.489 bits per heavy atom. The zero-order valence-corrected chi connectivity index (χ0v) is 24.7. The molecule has 0 amide bonds. The first-order valence-electron chi connectivity index (χ1n) is 15.4. The maximum absolute atomic E-state index is 5.07. The summed E-state index contributed by atoms with van der Waals surface area (Å²) in [6.07, 6.45) is 8.64. The maximum atomic E-state index is 5.07. The topological polar surface area (TPSA) is 51.6 Å². The van der Waals surface area contributed by atoms with Gasteiger partial charge in [0.25, 0.3) is 0 Å². The van der Waals surface area contributed by atoms with Gasteiger partial charge in [-0.1, -0.05) is 146 Å². The molecule has 45 heavy (non-hydrogen) atoms. The monoisotopic (exact) mass is 578 g/mol. The number of rotatable bonds is 6. The maximum Gasteiger partial charge on any atom is 0.164 e.